The van der Waals surface area contributed by atoms with Crippen molar-refractivity contribution in [2.75, 3.05) is 18.9 Å². The molecule has 0 aliphatic rings. The molecule has 0 atom stereocenters. The number of nitrogens with zero attached hydrogens (tertiary/aromatic N) is 2. The van der Waals surface area contributed by atoms with Gasteiger partial charge in [0.25, 0.3) is 0 Å². The van der Waals surface area contributed by atoms with Crippen LogP contribution >= 0.6 is 11.8 Å². The molecule has 0 radical (unpaired) electrons. The summed E-state index contributed by atoms with van der Waals surface area (Å²) in [5.74, 6) is 1.22. The number of aromatic nitrogens is 2. The number of benzene rings is 2. The minimum atomic E-state index is 0.0298. The highest BCUT2D eigenvalue weighted by atomic mass is 32.2. The van der Waals surface area contributed by atoms with Gasteiger partial charge in [-0.25, -0.2) is 4.98 Å². The number of fused-ring (bicyclic) bond motifs is 1. The van der Waals surface area contributed by atoms with Crippen LogP contribution in [0.2, 0.25) is 0 Å². The van der Waals surface area contributed by atoms with Gasteiger partial charge >= 0.3 is 0 Å². The van der Waals surface area contributed by atoms with Crippen LogP contribution < -0.4 is 10.1 Å². The maximum Gasteiger partial charge on any atom is 0.230 e. The van der Waals surface area contributed by atoms with Crippen LogP contribution in [0.5, 0.6) is 5.75 Å². The van der Waals surface area contributed by atoms with Gasteiger partial charge in [-0.05, 0) is 49.7 Å². The topological polar surface area (TPSA) is 56.2 Å². The molecule has 0 bridgehead atoms. The average molecular weight is 369 g/mol. The summed E-state index contributed by atoms with van der Waals surface area (Å²) < 4.78 is 7.62. The highest BCUT2D eigenvalue weighted by Gasteiger charge is 2.14. The molecule has 2 aromatic carbocycles. The van der Waals surface area contributed by atoms with E-state index in [1.807, 2.05) is 62.4 Å². The summed E-state index contributed by atoms with van der Waals surface area (Å²) in [6, 6.07) is 15.9. The van der Waals surface area contributed by atoms with E-state index in [9.17, 15) is 4.79 Å². The third kappa shape index (κ3) is 4.19. The van der Waals surface area contributed by atoms with Gasteiger partial charge in [-0.3, -0.25) is 9.36 Å². The lowest BCUT2D eigenvalue weighted by Crippen LogP contribution is -2.25. The summed E-state index contributed by atoms with van der Waals surface area (Å²) in [5, 5.41) is 3.71. The molecule has 3 aromatic rings. The molecular formula is C20H23N3O2S. The molecule has 3 rings (SSSR count). The second-order valence-corrected chi connectivity index (χ2v) is 6.73. The lowest BCUT2D eigenvalue weighted by atomic mass is 10.2. The number of thioether (sulfide) groups is 1. The van der Waals surface area contributed by atoms with Crippen molar-refractivity contribution >= 4 is 28.7 Å². The normalized spacial score (nSPS) is 10.8. The third-order valence-corrected chi connectivity index (χ3v) is 4.78. The van der Waals surface area contributed by atoms with Crippen LogP contribution in [0.15, 0.2) is 53.7 Å². The van der Waals surface area contributed by atoms with Gasteiger partial charge in [0.2, 0.25) is 5.91 Å². The van der Waals surface area contributed by atoms with Gasteiger partial charge in [-0.15, -0.1) is 0 Å². The van der Waals surface area contributed by atoms with E-state index in [-0.39, 0.29) is 5.91 Å². The van der Waals surface area contributed by atoms with Crippen molar-refractivity contribution in [3.63, 3.8) is 0 Å². The van der Waals surface area contributed by atoms with Crippen molar-refractivity contribution in [3.05, 3.63) is 48.5 Å². The highest BCUT2D eigenvalue weighted by Crippen LogP contribution is 2.28. The van der Waals surface area contributed by atoms with Gasteiger partial charge in [-0.1, -0.05) is 30.8 Å². The van der Waals surface area contributed by atoms with Gasteiger partial charge < -0.3 is 10.1 Å². The maximum absolute atomic E-state index is 12.0. The van der Waals surface area contributed by atoms with E-state index in [1.165, 1.54) is 11.8 Å². The van der Waals surface area contributed by atoms with Gasteiger partial charge in [0, 0.05) is 12.2 Å². The van der Waals surface area contributed by atoms with E-state index >= 15 is 0 Å². The Bertz CT molecular complexity index is 874. The minimum Gasteiger partial charge on any atom is -0.494 e. The summed E-state index contributed by atoms with van der Waals surface area (Å²) in [5.41, 5.74) is 2.93. The Hall–Kier alpha value is -2.47. The first-order chi connectivity index (χ1) is 12.7. The van der Waals surface area contributed by atoms with Crippen LogP contribution in [0, 0.1) is 0 Å². The molecule has 1 amide bonds. The molecule has 0 fully saturated rings. The van der Waals surface area contributed by atoms with Crippen LogP contribution in [0.3, 0.4) is 0 Å². The molecule has 1 aromatic heterocycles. The first-order valence-electron chi connectivity index (χ1n) is 8.83. The molecule has 0 aliphatic heterocycles. The monoisotopic (exact) mass is 369 g/mol. The molecule has 0 saturated carbocycles. The summed E-state index contributed by atoms with van der Waals surface area (Å²) in [7, 11) is 0. The molecule has 0 aliphatic carbocycles. The standard InChI is InChI=1S/C20H23N3O2S/c1-3-13-21-19(24)14-26-20-22-17-7-5-6-8-18(17)23(20)15-9-11-16(12-10-15)25-4-2/h5-12H,3-4,13-14H2,1-2H3,(H,21,24). The smallest absolute Gasteiger partial charge is 0.230 e. The van der Waals surface area contributed by atoms with E-state index in [4.69, 9.17) is 9.72 Å². The van der Waals surface area contributed by atoms with E-state index in [0.717, 1.165) is 34.0 Å². The lowest BCUT2D eigenvalue weighted by molar-refractivity contribution is -0.118. The molecule has 26 heavy (non-hydrogen) atoms. The molecule has 0 saturated heterocycles. The van der Waals surface area contributed by atoms with Crippen LogP contribution in [0.1, 0.15) is 20.3 Å². The SMILES string of the molecule is CCCNC(=O)CSc1nc2ccccc2n1-c1ccc(OCC)cc1. The van der Waals surface area contributed by atoms with Gasteiger partial charge in [0.05, 0.1) is 23.4 Å². The number of rotatable bonds is 8. The second-order valence-electron chi connectivity index (χ2n) is 5.78. The quantitative estimate of drug-likeness (QED) is 0.609. The molecular weight excluding hydrogens is 346 g/mol. The molecule has 1 N–H and O–H groups in total. The molecule has 0 spiro atoms. The van der Waals surface area contributed by atoms with E-state index in [0.29, 0.717) is 18.9 Å². The predicted molar refractivity (Wildman–Crippen MR) is 106 cm³/mol. The molecule has 0 unspecified atom stereocenters. The van der Waals surface area contributed by atoms with Crippen molar-refractivity contribution < 1.29 is 9.53 Å². The number of para-hydroxylation sites is 2. The fraction of sp³-hybridized carbons (Fsp3) is 0.300. The van der Waals surface area contributed by atoms with Crippen molar-refractivity contribution in [2.24, 2.45) is 0 Å². The Labute approximate surface area is 157 Å². The summed E-state index contributed by atoms with van der Waals surface area (Å²) in [6.07, 6.45) is 0.932. The van der Waals surface area contributed by atoms with Crippen molar-refractivity contribution in [2.45, 2.75) is 25.4 Å². The fourth-order valence-corrected chi connectivity index (χ4v) is 3.51. The summed E-state index contributed by atoms with van der Waals surface area (Å²) >= 11 is 1.45. The number of nitrogens with one attached hydrogen (secondary N) is 1. The molecule has 136 valence electrons. The number of carbonyl (C=O) groups is 1. The van der Waals surface area contributed by atoms with Crippen molar-refractivity contribution in [1.29, 1.82) is 0 Å². The Morgan fingerprint density at radius 3 is 2.65 bits per heavy atom. The van der Waals surface area contributed by atoms with Crippen LogP contribution in [0.25, 0.3) is 16.7 Å². The zero-order valence-corrected chi connectivity index (χ0v) is 15.9. The minimum absolute atomic E-state index is 0.0298. The fourth-order valence-electron chi connectivity index (χ4n) is 2.65. The van der Waals surface area contributed by atoms with Crippen LogP contribution in [0.4, 0.5) is 0 Å². The summed E-state index contributed by atoms with van der Waals surface area (Å²) in [4.78, 5) is 16.7. The number of amides is 1. The Morgan fingerprint density at radius 2 is 1.92 bits per heavy atom. The summed E-state index contributed by atoms with van der Waals surface area (Å²) in [6.45, 7) is 5.35. The van der Waals surface area contributed by atoms with Gasteiger partial charge in [-0.2, -0.15) is 0 Å². The van der Waals surface area contributed by atoms with Crippen molar-refractivity contribution in [1.82, 2.24) is 14.9 Å². The Balaban J connectivity index is 1.90. The van der Waals surface area contributed by atoms with Crippen LogP contribution in [-0.4, -0.2) is 34.4 Å². The number of imidazole rings is 1. The van der Waals surface area contributed by atoms with Gasteiger partial charge in [0.1, 0.15) is 5.75 Å². The number of carbonyl (C=O) groups excluding carboxylic acids is 1. The van der Waals surface area contributed by atoms with Crippen molar-refractivity contribution in [3.8, 4) is 11.4 Å². The predicted octanol–water partition coefficient (Wildman–Crippen LogP) is 4.04. The third-order valence-electron chi connectivity index (χ3n) is 3.84. The Kier molecular flexibility index (Phi) is 6.17. The Morgan fingerprint density at radius 1 is 1.15 bits per heavy atom. The van der Waals surface area contributed by atoms with Crippen LogP contribution in [-0.2, 0) is 4.79 Å². The zero-order chi connectivity index (χ0) is 18.4. The van der Waals surface area contributed by atoms with Gasteiger partial charge in [0.15, 0.2) is 5.16 Å². The maximum atomic E-state index is 12.0. The molecule has 6 heteroatoms. The first kappa shape index (κ1) is 18.3. The molecule has 5 nitrogen and oxygen atoms in total. The first-order valence-corrected chi connectivity index (χ1v) is 9.81. The van der Waals surface area contributed by atoms with E-state index in [1.54, 1.807) is 0 Å². The zero-order valence-electron chi connectivity index (χ0n) is 15.1. The number of hydrogen-bond donors (Lipinski definition) is 1. The molecule has 1 heterocycles. The van der Waals surface area contributed by atoms with E-state index in [2.05, 4.69) is 9.88 Å². The lowest BCUT2D eigenvalue weighted by Gasteiger charge is -2.10. The number of ether oxygens (including phenoxy) is 1. The number of hydrogen-bond acceptors (Lipinski definition) is 4. The second kappa shape index (κ2) is 8.76. The average Bonchev–Trinajstić information content (AvgIpc) is 3.04. The highest BCUT2D eigenvalue weighted by molar-refractivity contribution is 7.99. The van der Waals surface area contributed by atoms with E-state index < -0.39 is 0 Å². The largest absolute Gasteiger partial charge is 0.494 e.